The second-order valence-corrected chi connectivity index (χ2v) is 8.87. The second kappa shape index (κ2) is 8.41. The molecule has 2 unspecified atom stereocenters. The number of pyridine rings is 1. The first-order valence-corrected chi connectivity index (χ1v) is 11.3. The van der Waals surface area contributed by atoms with Crippen LogP contribution in [0.4, 0.5) is 5.69 Å². The standard InChI is InChI=1S/C26H23ClN4S/c1-17-8-11-21(16-18(17)2)30-15-5-7-23(30)25-24(22-6-3-4-14-28-22)29-26(32)31(25)20-12-9-19(27)10-13-20/h3-16,24-25H,1-2H3,(H,29,32). The molecule has 0 aliphatic carbocycles. The highest BCUT2D eigenvalue weighted by atomic mass is 35.5. The molecule has 2 aromatic heterocycles. The fourth-order valence-corrected chi connectivity index (χ4v) is 4.75. The van der Waals surface area contributed by atoms with Crippen LogP contribution in [0.1, 0.15) is 34.6 Å². The van der Waals surface area contributed by atoms with Gasteiger partial charge in [0.1, 0.15) is 6.04 Å². The lowest BCUT2D eigenvalue weighted by Gasteiger charge is -2.29. The molecule has 1 fully saturated rings. The summed E-state index contributed by atoms with van der Waals surface area (Å²) in [6.45, 7) is 4.28. The SMILES string of the molecule is Cc1ccc(-n2cccc2C2C(c3ccccn3)NC(=S)N2c2ccc(Cl)cc2)cc1C. The van der Waals surface area contributed by atoms with Crippen LogP contribution in [0.15, 0.2) is 85.2 Å². The van der Waals surface area contributed by atoms with Crippen molar-refractivity contribution < 1.29 is 0 Å². The number of halogens is 1. The molecule has 1 N–H and O–H groups in total. The molecule has 4 nitrogen and oxygen atoms in total. The zero-order valence-electron chi connectivity index (χ0n) is 17.9. The van der Waals surface area contributed by atoms with Gasteiger partial charge in [0.15, 0.2) is 5.11 Å². The molecular weight excluding hydrogens is 436 g/mol. The fraction of sp³-hybridized carbons (Fsp3) is 0.154. The number of nitrogens with one attached hydrogen (secondary N) is 1. The number of nitrogens with zero attached hydrogens (tertiary/aromatic N) is 3. The monoisotopic (exact) mass is 458 g/mol. The Morgan fingerprint density at radius 1 is 0.906 bits per heavy atom. The molecule has 3 heterocycles. The van der Waals surface area contributed by atoms with Crippen LogP contribution in [0.3, 0.4) is 0 Å². The van der Waals surface area contributed by atoms with Gasteiger partial charge in [-0.1, -0.05) is 23.7 Å². The number of hydrogen-bond donors (Lipinski definition) is 1. The molecule has 0 amide bonds. The summed E-state index contributed by atoms with van der Waals surface area (Å²) in [7, 11) is 0. The summed E-state index contributed by atoms with van der Waals surface area (Å²) in [5.74, 6) is 0. The quantitative estimate of drug-likeness (QED) is 0.363. The maximum Gasteiger partial charge on any atom is 0.174 e. The van der Waals surface area contributed by atoms with E-state index in [-0.39, 0.29) is 12.1 Å². The van der Waals surface area contributed by atoms with E-state index < -0.39 is 0 Å². The minimum absolute atomic E-state index is 0.0878. The summed E-state index contributed by atoms with van der Waals surface area (Å²) in [5.41, 5.74) is 6.73. The second-order valence-electron chi connectivity index (χ2n) is 8.04. The molecule has 0 saturated carbocycles. The Balaban J connectivity index is 1.67. The largest absolute Gasteiger partial charge is 0.351 e. The van der Waals surface area contributed by atoms with Crippen LogP contribution in [0.2, 0.25) is 5.02 Å². The van der Waals surface area contributed by atoms with Crippen molar-refractivity contribution in [2.24, 2.45) is 0 Å². The predicted octanol–water partition coefficient (Wildman–Crippen LogP) is 6.32. The first-order valence-electron chi connectivity index (χ1n) is 10.5. The van der Waals surface area contributed by atoms with Crippen LogP contribution < -0.4 is 10.2 Å². The van der Waals surface area contributed by atoms with Crippen LogP contribution in [0.5, 0.6) is 0 Å². The molecule has 160 valence electrons. The average molecular weight is 459 g/mol. The van der Waals surface area contributed by atoms with Gasteiger partial charge in [-0.3, -0.25) is 4.98 Å². The van der Waals surface area contributed by atoms with Gasteiger partial charge in [0, 0.05) is 34.5 Å². The van der Waals surface area contributed by atoms with Gasteiger partial charge in [-0.25, -0.2) is 0 Å². The van der Waals surface area contributed by atoms with E-state index in [9.17, 15) is 0 Å². The maximum absolute atomic E-state index is 6.17. The van der Waals surface area contributed by atoms with Gasteiger partial charge in [-0.15, -0.1) is 0 Å². The zero-order valence-corrected chi connectivity index (χ0v) is 19.4. The number of anilines is 1. The highest BCUT2D eigenvalue weighted by molar-refractivity contribution is 7.80. The Morgan fingerprint density at radius 3 is 2.41 bits per heavy atom. The summed E-state index contributed by atoms with van der Waals surface area (Å²) in [4.78, 5) is 6.81. The van der Waals surface area contributed by atoms with Gasteiger partial charge in [-0.2, -0.15) is 0 Å². The van der Waals surface area contributed by atoms with Crippen LogP contribution in [0.25, 0.3) is 5.69 Å². The molecule has 1 aliphatic rings. The van der Waals surface area contributed by atoms with Gasteiger partial charge < -0.3 is 14.8 Å². The molecule has 0 radical (unpaired) electrons. The third-order valence-corrected chi connectivity index (χ3v) is 6.62. The van der Waals surface area contributed by atoms with Crippen LogP contribution in [-0.4, -0.2) is 14.7 Å². The normalized spacial score (nSPS) is 18.1. The first kappa shape index (κ1) is 20.7. The van der Waals surface area contributed by atoms with E-state index in [1.807, 2.05) is 48.7 Å². The van der Waals surface area contributed by atoms with E-state index in [0.717, 1.165) is 22.8 Å². The molecule has 1 aliphatic heterocycles. The van der Waals surface area contributed by atoms with Gasteiger partial charge in [0.2, 0.25) is 0 Å². The summed E-state index contributed by atoms with van der Waals surface area (Å²) < 4.78 is 2.24. The third kappa shape index (κ3) is 3.68. The van der Waals surface area contributed by atoms with Gasteiger partial charge in [-0.05, 0) is 97.9 Å². The minimum Gasteiger partial charge on any atom is -0.351 e. The number of thiocarbonyl (C=S) groups is 1. The summed E-state index contributed by atoms with van der Waals surface area (Å²) in [6, 6.07) is 24.4. The number of hydrogen-bond acceptors (Lipinski definition) is 2. The molecular formula is C26H23ClN4S. The fourth-order valence-electron chi connectivity index (χ4n) is 4.28. The van der Waals surface area contributed by atoms with Crippen molar-refractivity contribution in [3.63, 3.8) is 0 Å². The smallest absolute Gasteiger partial charge is 0.174 e. The minimum atomic E-state index is -0.0976. The highest BCUT2D eigenvalue weighted by Gasteiger charge is 2.42. The third-order valence-electron chi connectivity index (χ3n) is 6.05. The molecule has 6 heteroatoms. The zero-order chi connectivity index (χ0) is 22.2. The van der Waals surface area contributed by atoms with E-state index >= 15 is 0 Å². The van der Waals surface area contributed by atoms with Crippen molar-refractivity contribution in [1.29, 1.82) is 0 Å². The van der Waals surface area contributed by atoms with Crippen molar-refractivity contribution >= 4 is 34.6 Å². The molecule has 0 spiro atoms. The van der Waals surface area contributed by atoms with Gasteiger partial charge in [0.25, 0.3) is 0 Å². The van der Waals surface area contributed by atoms with E-state index in [0.29, 0.717) is 10.1 Å². The van der Waals surface area contributed by atoms with Crippen molar-refractivity contribution in [2.75, 3.05) is 4.90 Å². The van der Waals surface area contributed by atoms with E-state index in [4.69, 9.17) is 23.8 Å². The highest BCUT2D eigenvalue weighted by Crippen LogP contribution is 2.42. The Morgan fingerprint density at radius 2 is 1.69 bits per heavy atom. The molecule has 32 heavy (non-hydrogen) atoms. The molecule has 5 rings (SSSR count). The van der Waals surface area contributed by atoms with Crippen molar-refractivity contribution in [1.82, 2.24) is 14.9 Å². The van der Waals surface area contributed by atoms with Crippen LogP contribution >= 0.6 is 23.8 Å². The lowest BCUT2D eigenvalue weighted by atomic mass is 10.0. The number of rotatable bonds is 4. The molecule has 2 aromatic carbocycles. The summed E-state index contributed by atoms with van der Waals surface area (Å²) in [6.07, 6.45) is 3.93. The molecule has 4 aromatic rings. The van der Waals surface area contributed by atoms with Crippen LogP contribution in [0, 0.1) is 13.8 Å². The molecule has 2 atom stereocenters. The van der Waals surface area contributed by atoms with Crippen LogP contribution in [-0.2, 0) is 0 Å². The average Bonchev–Trinajstić information content (AvgIpc) is 3.41. The van der Waals surface area contributed by atoms with Crippen molar-refractivity contribution in [3.8, 4) is 5.69 Å². The Bertz CT molecular complexity index is 1270. The van der Waals surface area contributed by atoms with Crippen molar-refractivity contribution in [2.45, 2.75) is 25.9 Å². The van der Waals surface area contributed by atoms with E-state index in [1.165, 1.54) is 11.1 Å². The summed E-state index contributed by atoms with van der Waals surface area (Å²) in [5, 5.41) is 4.88. The topological polar surface area (TPSA) is 33.1 Å². The maximum atomic E-state index is 6.17. The first-order chi connectivity index (χ1) is 15.5. The predicted molar refractivity (Wildman–Crippen MR) is 135 cm³/mol. The van der Waals surface area contributed by atoms with Crippen molar-refractivity contribution in [3.05, 3.63) is 113 Å². The number of aromatic nitrogens is 2. The Labute approximate surface area is 198 Å². The Kier molecular flexibility index (Phi) is 5.45. The van der Waals surface area contributed by atoms with Gasteiger partial charge >= 0.3 is 0 Å². The summed E-state index contributed by atoms with van der Waals surface area (Å²) >= 11 is 12.0. The number of benzene rings is 2. The van der Waals surface area contributed by atoms with E-state index in [1.54, 1.807) is 0 Å². The lowest BCUT2D eigenvalue weighted by molar-refractivity contribution is 0.549. The molecule has 1 saturated heterocycles. The lowest BCUT2D eigenvalue weighted by Crippen LogP contribution is -2.30. The van der Waals surface area contributed by atoms with Gasteiger partial charge in [0.05, 0.1) is 11.7 Å². The number of aryl methyl sites for hydroxylation is 2. The molecule has 0 bridgehead atoms. The Hall–Kier alpha value is -3.15. The van der Waals surface area contributed by atoms with E-state index in [2.05, 4.69) is 70.1 Å².